The molecule has 0 saturated carbocycles. The number of hydrogen-bond acceptors (Lipinski definition) is 0. The van der Waals surface area contributed by atoms with Gasteiger partial charge in [0, 0.05) is 0 Å². The zero-order valence-electron chi connectivity index (χ0n) is 14.1. The number of allylic oxidation sites excluding steroid dienone is 4. The summed E-state index contributed by atoms with van der Waals surface area (Å²) in [7, 11) is -1.21. The minimum absolute atomic E-state index is 0.667. The predicted molar refractivity (Wildman–Crippen MR) is 97.9 cm³/mol. The Bertz CT molecular complexity index is 778. The van der Waals surface area contributed by atoms with Gasteiger partial charge in [0.15, 0.2) is 0 Å². The van der Waals surface area contributed by atoms with Crippen LogP contribution in [0.25, 0.3) is 11.1 Å². The van der Waals surface area contributed by atoms with Crippen LogP contribution in [0.3, 0.4) is 0 Å². The molecule has 0 atom stereocenters. The molecule has 0 heterocycles. The number of benzene rings is 2. The molecule has 2 aromatic carbocycles. The summed E-state index contributed by atoms with van der Waals surface area (Å²) in [5, 5.41) is 1.76. The first-order valence-corrected chi connectivity index (χ1v) is 14.6. The molecule has 0 spiro atoms. The molecule has 0 aliphatic heterocycles. The molecule has 2 heteroatoms. The first kappa shape index (κ1) is 15.5. The van der Waals surface area contributed by atoms with E-state index in [-0.39, 0.29) is 0 Å². The van der Waals surface area contributed by atoms with E-state index in [9.17, 15) is 0 Å². The van der Waals surface area contributed by atoms with E-state index in [1.807, 2.05) is 3.28 Å². The molecule has 2 aliphatic carbocycles. The fourth-order valence-electron chi connectivity index (χ4n) is 3.83. The molecule has 0 nitrogen and oxygen atoms in total. The summed E-state index contributed by atoms with van der Waals surface area (Å²) >= 11 is -0.667. The zero-order valence-corrected chi connectivity index (χ0v) is 17.5. The Morgan fingerprint density at radius 1 is 0.870 bits per heavy atom. The number of hydrogen-bond donors (Lipinski definition) is 0. The van der Waals surface area contributed by atoms with Crippen molar-refractivity contribution in [1.82, 2.24) is 0 Å². The van der Waals surface area contributed by atoms with Crippen molar-refractivity contribution in [2.75, 3.05) is 0 Å². The summed E-state index contributed by atoms with van der Waals surface area (Å²) in [5.74, 6) is 0. The third-order valence-corrected chi connectivity index (χ3v) is 11.8. The van der Waals surface area contributed by atoms with E-state index < -0.39 is 31.3 Å². The topological polar surface area (TPSA) is 0 Å². The van der Waals surface area contributed by atoms with Crippen molar-refractivity contribution in [3.63, 3.8) is 0 Å². The molecule has 0 aromatic heterocycles. The molecule has 114 valence electrons. The molecule has 0 fully saturated rings. The normalized spacial score (nSPS) is 16.7. The Labute approximate surface area is 151 Å². The Kier molecular flexibility index (Phi) is 3.94. The molecule has 0 unspecified atom stereocenters. The van der Waals surface area contributed by atoms with Crippen LogP contribution in [0.5, 0.6) is 0 Å². The Hall–Kier alpha value is -0.980. The van der Waals surface area contributed by atoms with Gasteiger partial charge in [0.2, 0.25) is 0 Å². The average molecular weight is 394 g/mol. The van der Waals surface area contributed by atoms with Gasteiger partial charge in [0.05, 0.1) is 0 Å². The van der Waals surface area contributed by atoms with Crippen molar-refractivity contribution in [3.8, 4) is 11.1 Å². The second-order valence-electron chi connectivity index (χ2n) is 7.50. The van der Waals surface area contributed by atoms with Gasteiger partial charge in [-0.3, -0.25) is 0 Å². The summed E-state index contributed by atoms with van der Waals surface area (Å²) in [4.78, 5) is 0. The van der Waals surface area contributed by atoms with Gasteiger partial charge in [-0.1, -0.05) is 0 Å². The maximum atomic E-state index is 2.49. The second kappa shape index (κ2) is 5.83. The van der Waals surface area contributed by atoms with Gasteiger partial charge in [0.25, 0.3) is 0 Å². The summed E-state index contributed by atoms with van der Waals surface area (Å²) < 4.78 is 2.55. The molecule has 2 aromatic rings. The van der Waals surface area contributed by atoms with Gasteiger partial charge < -0.3 is 0 Å². The van der Waals surface area contributed by atoms with Gasteiger partial charge in [-0.15, -0.1) is 0 Å². The average Bonchev–Trinajstić information content (AvgIpc) is 3.12. The molecular weight excluding hydrogens is 372 g/mol. The number of fused-ring (bicyclic) bond motifs is 3. The van der Waals surface area contributed by atoms with Crippen LogP contribution in [-0.4, -0.2) is 8.07 Å². The van der Waals surface area contributed by atoms with Gasteiger partial charge in [-0.05, 0) is 0 Å². The number of rotatable bonds is 3. The van der Waals surface area contributed by atoms with E-state index in [0.29, 0.717) is 3.63 Å². The van der Waals surface area contributed by atoms with E-state index in [1.54, 1.807) is 16.3 Å². The molecule has 0 radical (unpaired) electrons. The summed E-state index contributed by atoms with van der Waals surface area (Å²) in [5.41, 5.74) is 6.15. The zero-order chi connectivity index (χ0) is 16.0. The van der Waals surface area contributed by atoms with Gasteiger partial charge >= 0.3 is 152 Å². The molecule has 4 rings (SSSR count). The quantitative estimate of drug-likeness (QED) is 0.567. The third kappa shape index (κ3) is 2.71. The fourth-order valence-corrected chi connectivity index (χ4v) is 12.7. The van der Waals surface area contributed by atoms with Crippen molar-refractivity contribution in [1.29, 1.82) is 0 Å². The van der Waals surface area contributed by atoms with Crippen molar-refractivity contribution >= 4 is 8.07 Å². The monoisotopic (exact) mass is 392 g/mol. The molecule has 2 aliphatic rings. The van der Waals surface area contributed by atoms with Crippen LogP contribution in [-0.2, 0) is 23.2 Å². The molecule has 0 bridgehead atoms. The van der Waals surface area contributed by atoms with Crippen LogP contribution in [0.15, 0.2) is 69.2 Å². The predicted octanol–water partition coefficient (Wildman–Crippen LogP) is 5.93. The summed E-state index contributed by atoms with van der Waals surface area (Å²) in [6.45, 7) is 7.48. The SMILES string of the molecule is C[Si](C)(C)C1=[C]([Zr][CH]2c3ccccc3-c3ccccc32)CC=C1. The molecule has 0 saturated heterocycles. The Balaban J connectivity index is 1.79. The van der Waals surface area contributed by atoms with Crippen molar-refractivity contribution in [2.24, 2.45) is 0 Å². The summed E-state index contributed by atoms with van der Waals surface area (Å²) in [6, 6.07) is 18.2. The van der Waals surface area contributed by atoms with E-state index in [2.05, 4.69) is 80.3 Å². The molecule has 23 heavy (non-hydrogen) atoms. The van der Waals surface area contributed by atoms with Crippen molar-refractivity contribution < 1.29 is 23.2 Å². The van der Waals surface area contributed by atoms with Crippen molar-refractivity contribution in [3.05, 3.63) is 80.3 Å². The Morgan fingerprint density at radius 3 is 2.00 bits per heavy atom. The minimum atomic E-state index is -1.21. The standard InChI is InChI=1S/C13H9.C8H13Si.Zr/c1-3-7-12-10(5-1)9-11-6-2-4-8-13(11)12;1-9(2,3)8-6-4-5-7-8;/h1-9H;4,6H,5H2,1-3H3;. The van der Waals surface area contributed by atoms with Crippen LogP contribution in [0.4, 0.5) is 0 Å². The van der Waals surface area contributed by atoms with Crippen LogP contribution < -0.4 is 0 Å². The van der Waals surface area contributed by atoms with E-state index >= 15 is 0 Å². The fraction of sp³-hybridized carbons (Fsp3) is 0.238. The van der Waals surface area contributed by atoms with Crippen molar-refractivity contribution in [2.45, 2.75) is 29.7 Å². The third-order valence-electron chi connectivity index (χ3n) is 4.89. The van der Waals surface area contributed by atoms with Gasteiger partial charge in [-0.2, -0.15) is 0 Å². The van der Waals surface area contributed by atoms with E-state index in [1.165, 1.54) is 17.5 Å². The Morgan fingerprint density at radius 2 is 1.43 bits per heavy atom. The first-order valence-electron chi connectivity index (χ1n) is 8.40. The first-order chi connectivity index (χ1) is 11.1. The van der Waals surface area contributed by atoms with Gasteiger partial charge in [0.1, 0.15) is 0 Å². The van der Waals surface area contributed by atoms with Gasteiger partial charge in [-0.25, -0.2) is 0 Å². The van der Waals surface area contributed by atoms with Crippen LogP contribution in [0, 0.1) is 0 Å². The molecule has 0 N–H and O–H groups in total. The van der Waals surface area contributed by atoms with Crippen LogP contribution >= 0.6 is 0 Å². The maximum absolute atomic E-state index is 2.49. The van der Waals surface area contributed by atoms with E-state index in [4.69, 9.17) is 0 Å². The molecular formula is C21H22SiZr. The second-order valence-corrected chi connectivity index (χ2v) is 16.2. The van der Waals surface area contributed by atoms with Crippen LogP contribution in [0.2, 0.25) is 19.6 Å². The van der Waals surface area contributed by atoms with E-state index in [0.717, 1.165) is 0 Å². The van der Waals surface area contributed by atoms with Crippen LogP contribution in [0.1, 0.15) is 21.2 Å². The molecule has 0 amide bonds. The summed E-state index contributed by atoms with van der Waals surface area (Å²) in [6.07, 6.45) is 6.10.